The van der Waals surface area contributed by atoms with Crippen molar-refractivity contribution in [2.24, 2.45) is 0 Å². The Hall–Kier alpha value is -3.06. The maximum absolute atomic E-state index is 13.0. The van der Waals surface area contributed by atoms with Gasteiger partial charge >= 0.3 is 6.03 Å². The van der Waals surface area contributed by atoms with Crippen molar-refractivity contribution in [1.29, 1.82) is 0 Å². The number of imide groups is 1. The zero-order valence-corrected chi connectivity index (χ0v) is 18.7. The molecule has 2 aromatic rings. The molecule has 3 amide bonds. The van der Waals surface area contributed by atoms with E-state index in [9.17, 15) is 9.59 Å². The summed E-state index contributed by atoms with van der Waals surface area (Å²) in [6, 6.07) is 15.2. The van der Waals surface area contributed by atoms with Gasteiger partial charge in [0.05, 0.1) is 20.4 Å². The molecule has 1 atom stereocenters. The van der Waals surface area contributed by atoms with Crippen LogP contribution < -0.4 is 14.8 Å². The highest BCUT2D eigenvalue weighted by atomic mass is 16.5. The number of methoxy groups -OCH3 is 1. The van der Waals surface area contributed by atoms with Gasteiger partial charge in [-0.25, -0.2) is 9.69 Å². The Labute approximate surface area is 183 Å². The second-order valence-electron chi connectivity index (χ2n) is 8.08. The first-order chi connectivity index (χ1) is 14.8. The van der Waals surface area contributed by atoms with Crippen LogP contribution in [0.5, 0.6) is 11.5 Å². The molecule has 2 aromatic carbocycles. The van der Waals surface area contributed by atoms with E-state index in [1.165, 1.54) is 4.90 Å². The summed E-state index contributed by atoms with van der Waals surface area (Å²) >= 11 is 0. The van der Waals surface area contributed by atoms with Gasteiger partial charge in [0.25, 0.3) is 5.91 Å². The fourth-order valence-corrected chi connectivity index (χ4v) is 3.69. The SMILES string of the molecule is CCOc1ccc(CN(C)CN2C(=O)N[C@](C)(CCc3ccc(OC)cc3)C2=O)cc1. The Morgan fingerprint density at radius 1 is 1.00 bits per heavy atom. The molecule has 1 aliphatic rings. The first-order valence-corrected chi connectivity index (χ1v) is 10.5. The van der Waals surface area contributed by atoms with Gasteiger partial charge < -0.3 is 14.8 Å². The van der Waals surface area contributed by atoms with Crippen LogP contribution in [0.2, 0.25) is 0 Å². The summed E-state index contributed by atoms with van der Waals surface area (Å²) in [6.07, 6.45) is 1.21. The third-order valence-corrected chi connectivity index (χ3v) is 5.49. The van der Waals surface area contributed by atoms with E-state index >= 15 is 0 Å². The van der Waals surface area contributed by atoms with Crippen molar-refractivity contribution in [3.05, 3.63) is 59.7 Å². The van der Waals surface area contributed by atoms with Gasteiger partial charge in [0, 0.05) is 6.54 Å². The average molecular weight is 426 g/mol. The van der Waals surface area contributed by atoms with Crippen molar-refractivity contribution < 1.29 is 19.1 Å². The molecule has 7 heteroatoms. The van der Waals surface area contributed by atoms with Gasteiger partial charge in [-0.1, -0.05) is 24.3 Å². The number of ether oxygens (including phenoxy) is 2. The van der Waals surface area contributed by atoms with E-state index in [4.69, 9.17) is 9.47 Å². The van der Waals surface area contributed by atoms with E-state index in [1.807, 2.05) is 67.4 Å². The molecule has 1 fully saturated rings. The largest absolute Gasteiger partial charge is 0.497 e. The molecule has 1 N–H and O–H groups in total. The molecule has 1 heterocycles. The molecule has 7 nitrogen and oxygen atoms in total. The number of carbonyl (C=O) groups is 2. The number of urea groups is 1. The summed E-state index contributed by atoms with van der Waals surface area (Å²) in [5.74, 6) is 1.43. The minimum absolute atomic E-state index is 0.190. The van der Waals surface area contributed by atoms with Crippen LogP contribution in [-0.4, -0.2) is 54.7 Å². The number of nitrogens with zero attached hydrogens (tertiary/aromatic N) is 2. The van der Waals surface area contributed by atoms with Crippen LogP contribution in [0, 0.1) is 0 Å². The van der Waals surface area contributed by atoms with Crippen molar-refractivity contribution in [2.75, 3.05) is 27.4 Å². The summed E-state index contributed by atoms with van der Waals surface area (Å²) in [6.45, 7) is 5.22. The topological polar surface area (TPSA) is 71.1 Å². The van der Waals surface area contributed by atoms with Crippen LogP contribution in [-0.2, 0) is 17.8 Å². The van der Waals surface area contributed by atoms with E-state index in [2.05, 4.69) is 5.32 Å². The molecule has 0 unspecified atom stereocenters. The van der Waals surface area contributed by atoms with Crippen molar-refractivity contribution in [3.63, 3.8) is 0 Å². The Kier molecular flexibility index (Phi) is 7.17. The Morgan fingerprint density at radius 3 is 2.23 bits per heavy atom. The van der Waals surface area contributed by atoms with Gasteiger partial charge in [0.1, 0.15) is 17.0 Å². The van der Waals surface area contributed by atoms with Crippen molar-refractivity contribution in [3.8, 4) is 11.5 Å². The maximum Gasteiger partial charge on any atom is 0.326 e. The standard InChI is InChI=1S/C24H31N3O4/c1-5-31-21-12-8-19(9-13-21)16-26(3)17-27-22(28)24(2,25-23(27)29)15-14-18-6-10-20(30-4)11-7-18/h6-13H,5,14-17H2,1-4H3,(H,25,29)/t24-/m1/s1. The molecule has 166 valence electrons. The van der Waals surface area contributed by atoms with Gasteiger partial charge in [-0.15, -0.1) is 0 Å². The van der Waals surface area contributed by atoms with E-state index in [0.29, 0.717) is 26.0 Å². The lowest BCUT2D eigenvalue weighted by Crippen LogP contribution is -2.45. The predicted octanol–water partition coefficient (Wildman–Crippen LogP) is 3.43. The molecule has 0 saturated carbocycles. The van der Waals surface area contributed by atoms with Crippen molar-refractivity contribution in [1.82, 2.24) is 15.1 Å². The Morgan fingerprint density at radius 2 is 1.61 bits per heavy atom. The van der Waals surface area contributed by atoms with Gasteiger partial charge in [0.2, 0.25) is 0 Å². The lowest BCUT2D eigenvalue weighted by atomic mass is 9.93. The molecular weight excluding hydrogens is 394 g/mol. The zero-order chi connectivity index (χ0) is 22.4. The molecule has 1 saturated heterocycles. The first-order valence-electron chi connectivity index (χ1n) is 10.5. The lowest BCUT2D eigenvalue weighted by Gasteiger charge is -2.24. The summed E-state index contributed by atoms with van der Waals surface area (Å²) in [7, 11) is 3.52. The van der Waals surface area contributed by atoms with Gasteiger partial charge in [-0.05, 0) is 69.1 Å². The van der Waals surface area contributed by atoms with Crippen molar-refractivity contribution in [2.45, 2.75) is 38.8 Å². The lowest BCUT2D eigenvalue weighted by molar-refractivity contribution is -0.132. The van der Waals surface area contributed by atoms with Crippen LogP contribution >= 0.6 is 0 Å². The molecule has 0 bridgehead atoms. The highest BCUT2D eigenvalue weighted by Gasteiger charge is 2.47. The number of rotatable bonds is 10. The Balaban J connectivity index is 1.56. The molecule has 3 rings (SSSR count). The summed E-state index contributed by atoms with van der Waals surface area (Å²) < 4.78 is 10.6. The van der Waals surface area contributed by atoms with Gasteiger partial charge in [-0.3, -0.25) is 9.69 Å². The number of carbonyl (C=O) groups excluding carboxylic acids is 2. The number of hydrogen-bond donors (Lipinski definition) is 1. The smallest absolute Gasteiger partial charge is 0.326 e. The van der Waals surface area contributed by atoms with E-state index in [-0.39, 0.29) is 18.6 Å². The third kappa shape index (κ3) is 5.55. The van der Waals surface area contributed by atoms with Crippen LogP contribution in [0.4, 0.5) is 4.79 Å². The van der Waals surface area contributed by atoms with Gasteiger partial charge in [0.15, 0.2) is 0 Å². The second-order valence-corrected chi connectivity index (χ2v) is 8.08. The summed E-state index contributed by atoms with van der Waals surface area (Å²) in [4.78, 5) is 28.8. The summed E-state index contributed by atoms with van der Waals surface area (Å²) in [5.41, 5.74) is 1.27. The highest BCUT2D eigenvalue weighted by Crippen LogP contribution is 2.24. The minimum atomic E-state index is -0.906. The van der Waals surface area contributed by atoms with Crippen LogP contribution in [0.1, 0.15) is 31.4 Å². The van der Waals surface area contributed by atoms with Gasteiger partial charge in [-0.2, -0.15) is 0 Å². The molecule has 0 aromatic heterocycles. The maximum atomic E-state index is 13.0. The predicted molar refractivity (Wildman–Crippen MR) is 119 cm³/mol. The molecule has 31 heavy (non-hydrogen) atoms. The number of hydrogen-bond acceptors (Lipinski definition) is 5. The van der Waals surface area contributed by atoms with Crippen LogP contribution in [0.3, 0.4) is 0 Å². The number of benzene rings is 2. The van der Waals surface area contributed by atoms with Crippen LogP contribution in [0.25, 0.3) is 0 Å². The fraction of sp³-hybridized carbons (Fsp3) is 0.417. The van der Waals surface area contributed by atoms with E-state index in [0.717, 1.165) is 22.6 Å². The first kappa shape index (κ1) is 22.6. The number of amides is 3. The third-order valence-electron chi connectivity index (χ3n) is 5.49. The second kappa shape index (κ2) is 9.83. The average Bonchev–Trinajstić information content (AvgIpc) is 2.97. The molecule has 0 aliphatic carbocycles. The zero-order valence-electron chi connectivity index (χ0n) is 18.7. The quantitative estimate of drug-likeness (QED) is 0.591. The number of nitrogens with one attached hydrogen (secondary N) is 1. The molecule has 0 radical (unpaired) electrons. The minimum Gasteiger partial charge on any atom is -0.497 e. The monoisotopic (exact) mass is 425 g/mol. The normalized spacial score (nSPS) is 18.4. The van der Waals surface area contributed by atoms with Crippen molar-refractivity contribution >= 4 is 11.9 Å². The molecule has 1 aliphatic heterocycles. The molecular formula is C24H31N3O4. The van der Waals surface area contributed by atoms with E-state index < -0.39 is 5.54 Å². The van der Waals surface area contributed by atoms with E-state index in [1.54, 1.807) is 14.0 Å². The Bertz CT molecular complexity index is 898. The fourth-order valence-electron chi connectivity index (χ4n) is 3.69. The summed E-state index contributed by atoms with van der Waals surface area (Å²) in [5, 5.41) is 2.88. The molecule has 0 spiro atoms. The van der Waals surface area contributed by atoms with Crippen LogP contribution in [0.15, 0.2) is 48.5 Å². The number of aryl methyl sites for hydroxylation is 1. The highest BCUT2D eigenvalue weighted by molar-refractivity contribution is 6.06.